The van der Waals surface area contributed by atoms with Gasteiger partial charge in [-0.2, -0.15) is 0 Å². The van der Waals surface area contributed by atoms with Gasteiger partial charge in [-0.1, -0.05) is 0 Å². The molecule has 1 aliphatic heterocycles. The van der Waals surface area contributed by atoms with Crippen LogP contribution in [-0.4, -0.2) is 35.2 Å². The predicted octanol–water partition coefficient (Wildman–Crippen LogP) is 3.47. The van der Waals surface area contributed by atoms with Crippen molar-refractivity contribution in [3.05, 3.63) is 23.4 Å². The third kappa shape index (κ3) is 3.65. The van der Waals surface area contributed by atoms with E-state index in [4.69, 9.17) is 9.47 Å². The molecule has 1 amide bonds. The Bertz CT molecular complexity index is 523. The van der Waals surface area contributed by atoms with Gasteiger partial charge in [0.15, 0.2) is 0 Å². The molecule has 21 heavy (non-hydrogen) atoms. The third-order valence-electron chi connectivity index (χ3n) is 3.58. The monoisotopic (exact) mass is 292 g/mol. The first-order chi connectivity index (χ1) is 9.81. The smallest absolute Gasteiger partial charge is 0.410 e. The van der Waals surface area contributed by atoms with Crippen molar-refractivity contribution >= 4 is 6.09 Å². The van der Waals surface area contributed by atoms with Crippen LogP contribution in [0.1, 0.15) is 50.8 Å². The Labute approximate surface area is 126 Å². The van der Waals surface area contributed by atoms with Gasteiger partial charge in [0.2, 0.25) is 5.88 Å². The summed E-state index contributed by atoms with van der Waals surface area (Å²) in [4.78, 5) is 18.4. The lowest BCUT2D eigenvalue weighted by atomic mass is 10.0. The zero-order valence-corrected chi connectivity index (χ0v) is 13.5. The van der Waals surface area contributed by atoms with Crippen molar-refractivity contribution in [2.75, 3.05) is 13.7 Å². The molecule has 0 N–H and O–H groups in total. The van der Waals surface area contributed by atoms with Crippen molar-refractivity contribution in [3.63, 3.8) is 0 Å². The van der Waals surface area contributed by atoms with E-state index in [-0.39, 0.29) is 12.1 Å². The van der Waals surface area contributed by atoms with Crippen molar-refractivity contribution in [1.82, 2.24) is 9.88 Å². The molecule has 116 valence electrons. The van der Waals surface area contributed by atoms with Gasteiger partial charge in [0.05, 0.1) is 13.2 Å². The number of hydrogen-bond acceptors (Lipinski definition) is 4. The number of nitrogens with zero attached hydrogens (tertiary/aromatic N) is 2. The van der Waals surface area contributed by atoms with E-state index in [0.717, 1.165) is 30.5 Å². The van der Waals surface area contributed by atoms with Crippen LogP contribution in [0.4, 0.5) is 4.79 Å². The molecular formula is C16H24N2O3. The van der Waals surface area contributed by atoms with Crippen molar-refractivity contribution in [3.8, 4) is 5.88 Å². The fraction of sp³-hybridized carbons (Fsp3) is 0.625. The molecule has 1 aliphatic rings. The first-order valence-corrected chi connectivity index (χ1v) is 7.32. The van der Waals surface area contributed by atoms with Crippen molar-refractivity contribution in [2.24, 2.45) is 0 Å². The van der Waals surface area contributed by atoms with Crippen LogP contribution in [0.5, 0.6) is 5.88 Å². The lowest BCUT2D eigenvalue weighted by molar-refractivity contribution is 0.0224. The molecular weight excluding hydrogens is 268 g/mol. The quantitative estimate of drug-likeness (QED) is 0.837. The van der Waals surface area contributed by atoms with Gasteiger partial charge in [-0.3, -0.25) is 0 Å². The van der Waals surface area contributed by atoms with E-state index < -0.39 is 5.60 Å². The summed E-state index contributed by atoms with van der Waals surface area (Å²) in [6.45, 7) is 8.40. The Balaban J connectivity index is 2.20. The molecule has 1 fully saturated rings. The molecule has 1 aromatic heterocycles. The average molecular weight is 292 g/mol. The second-order valence-corrected chi connectivity index (χ2v) is 6.42. The molecule has 1 atom stereocenters. The number of amides is 1. The number of carbonyl (C=O) groups is 1. The highest BCUT2D eigenvalue weighted by Crippen LogP contribution is 2.35. The van der Waals surface area contributed by atoms with Crippen LogP contribution >= 0.6 is 0 Å². The van der Waals surface area contributed by atoms with E-state index >= 15 is 0 Å². The molecule has 2 rings (SSSR count). The molecule has 5 nitrogen and oxygen atoms in total. The lowest BCUT2D eigenvalue weighted by Gasteiger charge is -2.29. The number of rotatable bonds is 2. The number of methoxy groups -OCH3 is 1. The highest BCUT2D eigenvalue weighted by molar-refractivity contribution is 5.69. The van der Waals surface area contributed by atoms with Gasteiger partial charge >= 0.3 is 6.09 Å². The maximum atomic E-state index is 12.3. The van der Waals surface area contributed by atoms with Gasteiger partial charge in [0, 0.05) is 18.8 Å². The van der Waals surface area contributed by atoms with Gasteiger partial charge in [0.1, 0.15) is 5.60 Å². The Kier molecular flexibility index (Phi) is 4.40. The third-order valence-corrected chi connectivity index (χ3v) is 3.58. The van der Waals surface area contributed by atoms with Gasteiger partial charge in [-0.05, 0) is 51.7 Å². The number of likely N-dealkylation sites (tertiary alicyclic amines) is 1. The number of hydrogen-bond donors (Lipinski definition) is 0. The Hall–Kier alpha value is -1.78. The minimum Gasteiger partial charge on any atom is -0.481 e. The maximum Gasteiger partial charge on any atom is 0.410 e. The number of aryl methyl sites for hydroxylation is 1. The minimum absolute atomic E-state index is 0.0401. The number of ether oxygens (including phenoxy) is 2. The molecule has 0 saturated carbocycles. The summed E-state index contributed by atoms with van der Waals surface area (Å²) in [5, 5.41) is 0. The van der Waals surface area contributed by atoms with Crippen LogP contribution in [-0.2, 0) is 4.74 Å². The van der Waals surface area contributed by atoms with E-state index in [1.165, 1.54) is 0 Å². The summed E-state index contributed by atoms with van der Waals surface area (Å²) >= 11 is 0. The summed E-state index contributed by atoms with van der Waals surface area (Å²) < 4.78 is 10.6. The van der Waals surface area contributed by atoms with E-state index in [9.17, 15) is 4.79 Å². The summed E-state index contributed by atoms with van der Waals surface area (Å²) in [5.41, 5.74) is 1.68. The Morgan fingerprint density at radius 3 is 2.71 bits per heavy atom. The molecule has 0 radical (unpaired) electrons. The van der Waals surface area contributed by atoms with Crippen LogP contribution in [0.2, 0.25) is 0 Å². The second kappa shape index (κ2) is 5.92. The molecule has 5 heteroatoms. The van der Waals surface area contributed by atoms with Gasteiger partial charge in [0.25, 0.3) is 0 Å². The average Bonchev–Trinajstić information content (AvgIpc) is 2.85. The zero-order chi connectivity index (χ0) is 15.6. The zero-order valence-electron chi connectivity index (χ0n) is 13.5. The number of carbonyl (C=O) groups excluding carboxylic acids is 1. The van der Waals surface area contributed by atoms with E-state index in [1.54, 1.807) is 7.11 Å². The van der Waals surface area contributed by atoms with Crippen LogP contribution in [0.3, 0.4) is 0 Å². The molecule has 0 bridgehead atoms. The summed E-state index contributed by atoms with van der Waals surface area (Å²) in [7, 11) is 1.60. The fourth-order valence-electron chi connectivity index (χ4n) is 2.63. The van der Waals surface area contributed by atoms with E-state index in [0.29, 0.717) is 5.88 Å². The highest BCUT2D eigenvalue weighted by Gasteiger charge is 2.34. The molecule has 2 heterocycles. The summed E-state index contributed by atoms with van der Waals surface area (Å²) in [5.74, 6) is 0.595. The highest BCUT2D eigenvalue weighted by atomic mass is 16.6. The van der Waals surface area contributed by atoms with Gasteiger partial charge < -0.3 is 14.4 Å². The van der Waals surface area contributed by atoms with Crippen LogP contribution < -0.4 is 4.74 Å². The summed E-state index contributed by atoms with van der Waals surface area (Å²) in [6.07, 6.45) is 3.48. The van der Waals surface area contributed by atoms with Gasteiger partial charge in [-0.25, -0.2) is 9.78 Å². The van der Waals surface area contributed by atoms with Gasteiger partial charge in [-0.15, -0.1) is 0 Å². The number of aromatic nitrogens is 1. The fourth-order valence-corrected chi connectivity index (χ4v) is 2.63. The SMILES string of the molecule is COc1cc(C)c(C2CCCN2C(=O)OC(C)(C)C)cn1. The second-order valence-electron chi connectivity index (χ2n) is 6.42. The maximum absolute atomic E-state index is 12.3. The number of pyridine rings is 1. The Morgan fingerprint density at radius 1 is 1.43 bits per heavy atom. The topological polar surface area (TPSA) is 51.7 Å². The van der Waals surface area contributed by atoms with Crippen LogP contribution in [0.25, 0.3) is 0 Å². The Morgan fingerprint density at radius 2 is 2.14 bits per heavy atom. The first kappa shape index (κ1) is 15.6. The molecule has 1 aromatic rings. The largest absolute Gasteiger partial charge is 0.481 e. The molecule has 1 saturated heterocycles. The molecule has 0 aromatic carbocycles. The minimum atomic E-state index is -0.475. The molecule has 0 spiro atoms. The molecule has 1 unspecified atom stereocenters. The van der Waals surface area contributed by atoms with Crippen LogP contribution in [0.15, 0.2) is 12.3 Å². The van der Waals surface area contributed by atoms with Crippen LogP contribution in [0, 0.1) is 6.92 Å². The van der Waals surface area contributed by atoms with Crippen molar-refractivity contribution < 1.29 is 14.3 Å². The van der Waals surface area contributed by atoms with Crippen molar-refractivity contribution in [1.29, 1.82) is 0 Å². The normalized spacial score (nSPS) is 18.7. The lowest BCUT2D eigenvalue weighted by Crippen LogP contribution is -2.36. The molecule has 0 aliphatic carbocycles. The predicted molar refractivity (Wildman–Crippen MR) is 80.4 cm³/mol. The summed E-state index contributed by atoms with van der Waals surface area (Å²) in [6, 6.07) is 1.94. The van der Waals surface area contributed by atoms with Crippen molar-refractivity contribution in [2.45, 2.75) is 52.2 Å². The van der Waals surface area contributed by atoms with E-state index in [2.05, 4.69) is 4.98 Å². The standard InChI is InChI=1S/C16H24N2O3/c1-11-9-14(20-5)17-10-12(11)13-7-6-8-18(13)15(19)21-16(2,3)4/h9-10,13H,6-8H2,1-5H3. The first-order valence-electron chi connectivity index (χ1n) is 7.32. The van der Waals surface area contributed by atoms with E-state index in [1.807, 2.05) is 44.9 Å².